The minimum absolute atomic E-state index is 0.270. The zero-order valence-electron chi connectivity index (χ0n) is 22.1. The molecular formula is C28H34Cl2N8. The van der Waals surface area contributed by atoms with Gasteiger partial charge in [-0.05, 0) is 51.3 Å². The monoisotopic (exact) mass is 552 g/mol. The van der Waals surface area contributed by atoms with Gasteiger partial charge in [0.05, 0.1) is 21.3 Å². The molecule has 0 aliphatic carbocycles. The Labute approximate surface area is 233 Å². The number of anilines is 2. The Balaban J connectivity index is 1.31. The summed E-state index contributed by atoms with van der Waals surface area (Å²) in [6.45, 7) is 9.01. The molecule has 1 fully saturated rings. The molecule has 3 aromatic heterocycles. The number of piperidine rings is 1. The van der Waals surface area contributed by atoms with Gasteiger partial charge in [0.25, 0.3) is 0 Å². The molecule has 0 saturated carbocycles. The van der Waals surface area contributed by atoms with E-state index in [4.69, 9.17) is 33.3 Å². The van der Waals surface area contributed by atoms with Crippen LogP contribution >= 0.6 is 23.2 Å². The van der Waals surface area contributed by atoms with Gasteiger partial charge in [-0.25, -0.2) is 15.0 Å². The molecule has 1 aliphatic heterocycles. The summed E-state index contributed by atoms with van der Waals surface area (Å²) < 4.78 is 1.88. The molecule has 5 rings (SSSR count). The molecule has 10 heteroatoms. The first-order valence-electron chi connectivity index (χ1n) is 13.3. The fraction of sp³-hybridized carbons (Fsp3) is 0.429. The molecule has 8 nitrogen and oxygen atoms in total. The number of hydrogen-bond donors (Lipinski definition) is 2. The van der Waals surface area contributed by atoms with Crippen LogP contribution in [0.4, 0.5) is 11.8 Å². The van der Waals surface area contributed by atoms with Crippen LogP contribution in [0.2, 0.25) is 10.0 Å². The molecule has 1 atom stereocenters. The molecular weight excluding hydrogens is 519 g/mol. The van der Waals surface area contributed by atoms with E-state index >= 15 is 0 Å². The average molecular weight is 554 g/mol. The second-order valence-corrected chi connectivity index (χ2v) is 10.7. The van der Waals surface area contributed by atoms with Crippen molar-refractivity contribution in [2.45, 2.75) is 58.5 Å². The molecule has 4 aromatic rings. The number of nitrogens with one attached hydrogen (secondary N) is 2. The number of halogens is 2. The predicted molar refractivity (Wildman–Crippen MR) is 156 cm³/mol. The zero-order chi connectivity index (χ0) is 26.6. The highest BCUT2D eigenvalue weighted by Crippen LogP contribution is 2.39. The van der Waals surface area contributed by atoms with Crippen LogP contribution < -0.4 is 15.5 Å². The van der Waals surface area contributed by atoms with Crippen molar-refractivity contribution in [2.75, 3.05) is 29.9 Å². The first-order valence-corrected chi connectivity index (χ1v) is 14.1. The van der Waals surface area contributed by atoms with Crippen molar-refractivity contribution in [1.82, 2.24) is 29.9 Å². The SMILES string of the molecule is CCCc1cc(NCC(C)NC2CCN(c3ncccn3)CC2)n2nc(C)c(-c3c(Cl)cccc3Cl)c2n1. The quantitative estimate of drug-likeness (QED) is 0.271. The third-order valence-electron chi connectivity index (χ3n) is 6.98. The first kappa shape index (κ1) is 26.7. The Morgan fingerprint density at radius 3 is 2.45 bits per heavy atom. The van der Waals surface area contributed by atoms with Crippen LogP contribution in [0.25, 0.3) is 16.8 Å². The highest BCUT2D eigenvalue weighted by molar-refractivity contribution is 6.39. The number of fused-ring (bicyclic) bond motifs is 1. The van der Waals surface area contributed by atoms with E-state index in [2.05, 4.69) is 45.4 Å². The molecule has 1 aromatic carbocycles. The summed E-state index contributed by atoms with van der Waals surface area (Å²) in [5.41, 5.74) is 4.27. The topological polar surface area (TPSA) is 83.3 Å². The Bertz CT molecular complexity index is 1360. The van der Waals surface area contributed by atoms with Gasteiger partial charge < -0.3 is 15.5 Å². The normalized spacial score (nSPS) is 15.2. The maximum atomic E-state index is 6.59. The minimum atomic E-state index is 0.270. The fourth-order valence-electron chi connectivity index (χ4n) is 5.13. The molecule has 38 heavy (non-hydrogen) atoms. The van der Waals surface area contributed by atoms with Crippen LogP contribution in [0.3, 0.4) is 0 Å². The van der Waals surface area contributed by atoms with Crippen LogP contribution in [0.1, 0.15) is 44.5 Å². The summed E-state index contributed by atoms with van der Waals surface area (Å²) in [6.07, 6.45) is 7.60. The van der Waals surface area contributed by atoms with Crippen molar-refractivity contribution in [3.8, 4) is 11.1 Å². The van der Waals surface area contributed by atoms with Gasteiger partial charge in [-0.2, -0.15) is 9.61 Å². The van der Waals surface area contributed by atoms with Crippen LogP contribution in [-0.4, -0.2) is 56.3 Å². The summed E-state index contributed by atoms with van der Waals surface area (Å²) in [5.74, 6) is 1.73. The average Bonchev–Trinajstić information content (AvgIpc) is 3.24. The lowest BCUT2D eigenvalue weighted by molar-refractivity contribution is 0.380. The van der Waals surface area contributed by atoms with E-state index in [9.17, 15) is 0 Å². The predicted octanol–water partition coefficient (Wildman–Crippen LogP) is 5.81. The lowest BCUT2D eigenvalue weighted by Crippen LogP contribution is -2.47. The maximum absolute atomic E-state index is 6.59. The van der Waals surface area contributed by atoms with Crippen molar-refractivity contribution < 1.29 is 0 Å². The fourth-order valence-corrected chi connectivity index (χ4v) is 5.72. The number of rotatable bonds is 9. The summed E-state index contributed by atoms with van der Waals surface area (Å²) in [5, 5.41) is 13.5. The highest BCUT2D eigenvalue weighted by Gasteiger charge is 2.23. The standard InChI is InChI=1S/C28H34Cl2N8/c1-4-7-21-16-24(38-27(35-21)25(19(3)36-38)26-22(29)8-5-9-23(26)30)33-17-18(2)34-20-10-14-37(15-11-20)28-31-12-6-13-32-28/h5-6,8-9,12-13,16,18,20,33-34H,4,7,10-11,14-15,17H2,1-3H3. The largest absolute Gasteiger partial charge is 0.368 e. The molecule has 1 saturated heterocycles. The van der Waals surface area contributed by atoms with E-state index < -0.39 is 0 Å². The number of benzene rings is 1. The van der Waals surface area contributed by atoms with E-state index in [1.807, 2.05) is 35.7 Å². The molecule has 2 N–H and O–H groups in total. The van der Waals surface area contributed by atoms with Crippen LogP contribution in [0, 0.1) is 6.92 Å². The molecule has 1 aliphatic rings. The first-order chi connectivity index (χ1) is 18.4. The Morgan fingerprint density at radius 2 is 1.76 bits per heavy atom. The van der Waals surface area contributed by atoms with Crippen molar-refractivity contribution in [1.29, 1.82) is 0 Å². The second-order valence-electron chi connectivity index (χ2n) is 9.93. The number of aromatic nitrogens is 5. The van der Waals surface area contributed by atoms with Crippen LogP contribution in [-0.2, 0) is 6.42 Å². The van der Waals surface area contributed by atoms with Crippen LogP contribution in [0.5, 0.6) is 0 Å². The van der Waals surface area contributed by atoms with Crippen molar-refractivity contribution in [3.63, 3.8) is 0 Å². The van der Waals surface area contributed by atoms with E-state index in [1.165, 1.54) is 0 Å². The van der Waals surface area contributed by atoms with E-state index in [-0.39, 0.29) is 6.04 Å². The smallest absolute Gasteiger partial charge is 0.225 e. The zero-order valence-corrected chi connectivity index (χ0v) is 23.6. The van der Waals surface area contributed by atoms with E-state index in [0.717, 1.165) is 85.2 Å². The molecule has 0 amide bonds. The maximum Gasteiger partial charge on any atom is 0.225 e. The number of hydrogen-bond acceptors (Lipinski definition) is 7. The van der Waals surface area contributed by atoms with Gasteiger partial charge in [0, 0.05) is 61.4 Å². The summed E-state index contributed by atoms with van der Waals surface area (Å²) >= 11 is 13.2. The van der Waals surface area contributed by atoms with E-state index in [0.29, 0.717) is 16.1 Å². The number of aryl methyl sites for hydroxylation is 2. The molecule has 1 unspecified atom stereocenters. The lowest BCUT2D eigenvalue weighted by atomic mass is 10.0. The van der Waals surface area contributed by atoms with E-state index in [1.54, 1.807) is 12.4 Å². The molecule has 0 radical (unpaired) electrons. The Morgan fingerprint density at radius 1 is 1.05 bits per heavy atom. The van der Waals surface area contributed by atoms with Gasteiger partial charge >= 0.3 is 0 Å². The minimum Gasteiger partial charge on any atom is -0.368 e. The van der Waals surface area contributed by atoms with Crippen molar-refractivity contribution >= 4 is 40.6 Å². The van der Waals surface area contributed by atoms with Gasteiger partial charge in [-0.15, -0.1) is 0 Å². The molecule has 4 heterocycles. The molecule has 200 valence electrons. The second kappa shape index (κ2) is 11.8. The Kier molecular flexibility index (Phi) is 8.31. The van der Waals surface area contributed by atoms with Crippen molar-refractivity contribution in [2.24, 2.45) is 0 Å². The summed E-state index contributed by atoms with van der Waals surface area (Å²) in [6, 6.07) is 10.2. The van der Waals surface area contributed by atoms with Gasteiger partial charge in [0.2, 0.25) is 5.95 Å². The lowest BCUT2D eigenvalue weighted by Gasteiger charge is -2.34. The molecule has 0 bridgehead atoms. The Hall–Kier alpha value is -2.94. The van der Waals surface area contributed by atoms with Gasteiger partial charge in [0.1, 0.15) is 5.82 Å². The van der Waals surface area contributed by atoms with Crippen molar-refractivity contribution in [3.05, 3.63) is 64.2 Å². The van der Waals surface area contributed by atoms with Gasteiger partial charge in [-0.3, -0.25) is 0 Å². The third kappa shape index (κ3) is 5.72. The molecule has 0 spiro atoms. The number of nitrogens with zero attached hydrogens (tertiary/aromatic N) is 6. The highest BCUT2D eigenvalue weighted by atomic mass is 35.5. The third-order valence-corrected chi connectivity index (χ3v) is 7.61. The summed E-state index contributed by atoms with van der Waals surface area (Å²) in [4.78, 5) is 16.0. The summed E-state index contributed by atoms with van der Waals surface area (Å²) in [7, 11) is 0. The van der Waals surface area contributed by atoms with Gasteiger partial charge in [0.15, 0.2) is 5.65 Å². The van der Waals surface area contributed by atoms with Crippen LogP contribution in [0.15, 0.2) is 42.7 Å². The van der Waals surface area contributed by atoms with Gasteiger partial charge in [-0.1, -0.05) is 42.6 Å².